The number of ether oxygens (including phenoxy) is 2. The number of hydrogen-bond donors (Lipinski definition) is 1. The van der Waals surface area contributed by atoms with Crippen LogP contribution in [0.3, 0.4) is 0 Å². The molecule has 0 spiro atoms. The van der Waals surface area contributed by atoms with Crippen LogP contribution in [0.2, 0.25) is 0 Å². The molecule has 1 N–H and O–H groups in total. The van der Waals surface area contributed by atoms with E-state index in [1.807, 2.05) is 24.3 Å². The van der Waals surface area contributed by atoms with Crippen LogP contribution in [-0.2, 0) is 11.3 Å². The largest absolute Gasteiger partial charge is 0.497 e. The summed E-state index contributed by atoms with van der Waals surface area (Å²) in [7, 11) is 1.65. The molecule has 1 saturated heterocycles. The van der Waals surface area contributed by atoms with Crippen LogP contribution < -0.4 is 15.6 Å². The minimum atomic E-state index is -0.103. The summed E-state index contributed by atoms with van der Waals surface area (Å²) >= 11 is 0. The van der Waals surface area contributed by atoms with E-state index in [1.165, 1.54) is 10.7 Å². The summed E-state index contributed by atoms with van der Waals surface area (Å²) in [5.74, 6) is 0.839. The number of hydrogen-bond acceptors (Lipinski definition) is 5. The molecule has 1 fully saturated rings. The van der Waals surface area contributed by atoms with Crippen LogP contribution in [0.4, 0.5) is 0 Å². The van der Waals surface area contributed by atoms with Crippen molar-refractivity contribution >= 4 is 0 Å². The molecule has 2 heterocycles. The first-order valence-corrected chi connectivity index (χ1v) is 7.26. The fourth-order valence-corrected chi connectivity index (χ4v) is 2.59. The van der Waals surface area contributed by atoms with Crippen molar-refractivity contribution in [3.05, 3.63) is 58.5 Å². The Balaban J connectivity index is 1.66. The lowest BCUT2D eigenvalue weighted by molar-refractivity contribution is 0.180. The average Bonchev–Trinajstić information content (AvgIpc) is 3.02. The summed E-state index contributed by atoms with van der Waals surface area (Å²) in [6.45, 7) is 1.77. The zero-order valence-corrected chi connectivity index (χ0v) is 12.4. The first-order chi connectivity index (χ1) is 10.8. The molecule has 0 saturated carbocycles. The van der Waals surface area contributed by atoms with Gasteiger partial charge in [-0.1, -0.05) is 12.1 Å². The van der Waals surface area contributed by atoms with Gasteiger partial charge in [-0.3, -0.25) is 4.79 Å². The quantitative estimate of drug-likeness (QED) is 0.892. The number of nitrogens with zero attached hydrogens (tertiary/aromatic N) is 2. The Hall–Kier alpha value is -2.18. The van der Waals surface area contributed by atoms with Crippen LogP contribution in [0.5, 0.6) is 5.75 Å². The molecule has 0 amide bonds. The normalized spacial score (nSPS) is 21.0. The molecule has 0 aliphatic carbocycles. The highest BCUT2D eigenvalue weighted by Gasteiger charge is 2.30. The van der Waals surface area contributed by atoms with Gasteiger partial charge in [-0.15, -0.1) is 0 Å². The maximum atomic E-state index is 11.9. The first kappa shape index (κ1) is 14.7. The van der Waals surface area contributed by atoms with Crippen LogP contribution in [0.25, 0.3) is 0 Å². The van der Waals surface area contributed by atoms with Gasteiger partial charge in [0.05, 0.1) is 32.4 Å². The van der Waals surface area contributed by atoms with Crippen LogP contribution in [0.15, 0.2) is 47.4 Å². The Morgan fingerprint density at radius 2 is 2.14 bits per heavy atom. The number of aromatic nitrogens is 2. The molecule has 3 rings (SSSR count). The molecule has 6 heteroatoms. The molecule has 22 heavy (non-hydrogen) atoms. The highest BCUT2D eigenvalue weighted by atomic mass is 16.5. The van der Waals surface area contributed by atoms with E-state index in [4.69, 9.17) is 9.47 Å². The fraction of sp³-hybridized carbons (Fsp3) is 0.375. The number of rotatable bonds is 5. The van der Waals surface area contributed by atoms with Crippen molar-refractivity contribution in [1.29, 1.82) is 0 Å². The van der Waals surface area contributed by atoms with E-state index < -0.39 is 0 Å². The summed E-state index contributed by atoms with van der Waals surface area (Å²) < 4.78 is 12.2. The van der Waals surface area contributed by atoms with Gasteiger partial charge < -0.3 is 14.8 Å². The summed E-state index contributed by atoms with van der Waals surface area (Å²) in [6, 6.07) is 11.1. The molecule has 1 aliphatic rings. The van der Waals surface area contributed by atoms with E-state index in [-0.39, 0.29) is 17.6 Å². The molecule has 2 unspecified atom stereocenters. The lowest BCUT2D eigenvalue weighted by Crippen LogP contribution is -2.40. The molecule has 0 bridgehead atoms. The van der Waals surface area contributed by atoms with Crippen molar-refractivity contribution in [3.63, 3.8) is 0 Å². The third kappa shape index (κ3) is 3.18. The summed E-state index contributed by atoms with van der Waals surface area (Å²) in [5.41, 5.74) is 1.05. The predicted octanol–water partition coefficient (Wildman–Crippen LogP) is 0.982. The Kier molecular flexibility index (Phi) is 4.50. The SMILES string of the molecule is COc1ccc(CNC2COCC2n2ncccc2=O)cc1. The summed E-state index contributed by atoms with van der Waals surface area (Å²) in [5, 5.41) is 7.60. The van der Waals surface area contributed by atoms with Crippen molar-refractivity contribution in [2.45, 2.75) is 18.6 Å². The van der Waals surface area contributed by atoms with Crippen molar-refractivity contribution in [1.82, 2.24) is 15.1 Å². The second-order valence-corrected chi connectivity index (χ2v) is 5.25. The highest BCUT2D eigenvalue weighted by molar-refractivity contribution is 5.27. The number of methoxy groups -OCH3 is 1. The van der Waals surface area contributed by atoms with Gasteiger partial charge in [0.1, 0.15) is 5.75 Å². The number of benzene rings is 1. The van der Waals surface area contributed by atoms with E-state index in [9.17, 15) is 4.79 Å². The minimum Gasteiger partial charge on any atom is -0.497 e. The fourth-order valence-electron chi connectivity index (χ4n) is 2.59. The van der Waals surface area contributed by atoms with Crippen molar-refractivity contribution < 1.29 is 9.47 Å². The molecule has 1 aromatic carbocycles. The monoisotopic (exact) mass is 301 g/mol. The first-order valence-electron chi connectivity index (χ1n) is 7.26. The van der Waals surface area contributed by atoms with Gasteiger partial charge in [0, 0.05) is 18.8 Å². The van der Waals surface area contributed by atoms with Crippen LogP contribution in [0, 0.1) is 0 Å². The van der Waals surface area contributed by atoms with Gasteiger partial charge in [0.2, 0.25) is 0 Å². The van der Waals surface area contributed by atoms with Gasteiger partial charge in [0.15, 0.2) is 0 Å². The average molecular weight is 301 g/mol. The van der Waals surface area contributed by atoms with E-state index in [0.717, 1.165) is 11.3 Å². The van der Waals surface area contributed by atoms with Gasteiger partial charge in [-0.25, -0.2) is 4.68 Å². The molecule has 1 aromatic heterocycles. The summed E-state index contributed by atoms with van der Waals surface area (Å²) in [4.78, 5) is 11.9. The Labute approximate surface area is 128 Å². The second kappa shape index (κ2) is 6.72. The van der Waals surface area contributed by atoms with Crippen molar-refractivity contribution in [2.24, 2.45) is 0 Å². The third-order valence-corrected chi connectivity index (χ3v) is 3.83. The zero-order chi connectivity index (χ0) is 15.4. The second-order valence-electron chi connectivity index (χ2n) is 5.25. The third-order valence-electron chi connectivity index (χ3n) is 3.83. The predicted molar refractivity (Wildman–Crippen MR) is 82.0 cm³/mol. The molecule has 0 radical (unpaired) electrons. The maximum absolute atomic E-state index is 11.9. The van der Waals surface area contributed by atoms with Gasteiger partial charge in [0.25, 0.3) is 5.56 Å². The lowest BCUT2D eigenvalue weighted by Gasteiger charge is -2.20. The van der Waals surface area contributed by atoms with Gasteiger partial charge in [-0.05, 0) is 23.8 Å². The standard InChI is InChI=1S/C16H19N3O3/c1-21-13-6-4-12(5-7-13)9-17-14-10-22-11-15(14)19-16(20)3-2-8-18-19/h2-8,14-15,17H,9-11H2,1H3. The van der Waals surface area contributed by atoms with E-state index in [2.05, 4.69) is 10.4 Å². The van der Waals surface area contributed by atoms with E-state index >= 15 is 0 Å². The topological polar surface area (TPSA) is 65.4 Å². The van der Waals surface area contributed by atoms with E-state index in [0.29, 0.717) is 19.8 Å². The molecule has 2 aromatic rings. The molecule has 6 nitrogen and oxygen atoms in total. The minimum absolute atomic E-state index is 0.0645. The lowest BCUT2D eigenvalue weighted by atomic mass is 10.1. The molecular weight excluding hydrogens is 282 g/mol. The Morgan fingerprint density at radius 3 is 2.86 bits per heavy atom. The summed E-state index contributed by atoms with van der Waals surface area (Å²) in [6.07, 6.45) is 1.63. The van der Waals surface area contributed by atoms with E-state index in [1.54, 1.807) is 19.4 Å². The maximum Gasteiger partial charge on any atom is 0.267 e. The zero-order valence-electron chi connectivity index (χ0n) is 12.4. The van der Waals surface area contributed by atoms with Crippen LogP contribution in [0.1, 0.15) is 11.6 Å². The Morgan fingerprint density at radius 1 is 1.32 bits per heavy atom. The Bertz CT molecular complexity index is 669. The van der Waals surface area contributed by atoms with Gasteiger partial charge >= 0.3 is 0 Å². The molecular formula is C16H19N3O3. The van der Waals surface area contributed by atoms with Crippen LogP contribution >= 0.6 is 0 Å². The smallest absolute Gasteiger partial charge is 0.267 e. The van der Waals surface area contributed by atoms with Crippen molar-refractivity contribution in [2.75, 3.05) is 20.3 Å². The van der Waals surface area contributed by atoms with Crippen molar-refractivity contribution in [3.8, 4) is 5.75 Å². The van der Waals surface area contributed by atoms with Gasteiger partial charge in [-0.2, -0.15) is 5.10 Å². The van der Waals surface area contributed by atoms with Crippen LogP contribution in [-0.4, -0.2) is 36.1 Å². The number of nitrogens with one attached hydrogen (secondary N) is 1. The molecule has 1 aliphatic heterocycles. The molecule has 2 atom stereocenters. The highest BCUT2D eigenvalue weighted by Crippen LogP contribution is 2.18. The molecule has 116 valence electrons.